The lowest BCUT2D eigenvalue weighted by Crippen LogP contribution is -1.95. The van der Waals surface area contributed by atoms with Crippen LogP contribution in [0.1, 0.15) is 0 Å². The van der Waals surface area contributed by atoms with Gasteiger partial charge in [-0.15, -0.1) is 12.4 Å². The van der Waals surface area contributed by atoms with Crippen LogP contribution in [0.4, 0.5) is 5.69 Å². The van der Waals surface area contributed by atoms with E-state index in [2.05, 4.69) is 0 Å². The van der Waals surface area contributed by atoms with Crippen molar-refractivity contribution in [1.29, 1.82) is 0 Å². The number of anilines is 1. The van der Waals surface area contributed by atoms with Crippen LogP contribution in [-0.4, -0.2) is 14.2 Å². The molecular weight excluding hydrogens is 248 g/mol. The smallest absolute Gasteiger partial charge is 0.162 e. The monoisotopic (exact) mass is 257 g/mol. The summed E-state index contributed by atoms with van der Waals surface area (Å²) in [6.45, 7) is 0. The lowest BCUT2D eigenvalue weighted by Gasteiger charge is -2.11. The van der Waals surface area contributed by atoms with E-state index in [1.54, 1.807) is 6.07 Å². The first-order chi connectivity index (χ1) is 6.11. The fourth-order valence-corrected chi connectivity index (χ4v) is 1.46. The summed E-state index contributed by atoms with van der Waals surface area (Å²) in [6, 6.07) is 1.56. The molecule has 6 heteroatoms. The molecule has 1 rings (SSSR count). The first-order valence-corrected chi connectivity index (χ1v) is 4.22. The average molecular weight is 259 g/mol. The zero-order valence-corrected chi connectivity index (χ0v) is 9.96. The number of nitrogen functional groups attached to an aromatic ring is 1. The lowest BCUT2D eigenvalue weighted by molar-refractivity contribution is 0.405. The molecule has 0 amide bonds. The van der Waals surface area contributed by atoms with Crippen molar-refractivity contribution in [2.75, 3.05) is 20.0 Å². The third-order valence-corrected chi connectivity index (χ3v) is 2.41. The Balaban J connectivity index is 0.00000169. The Morgan fingerprint density at radius 3 is 2.14 bits per heavy atom. The predicted molar refractivity (Wildman–Crippen MR) is 61.2 cm³/mol. The van der Waals surface area contributed by atoms with E-state index in [4.69, 9.17) is 38.4 Å². The molecule has 2 N–H and O–H groups in total. The van der Waals surface area contributed by atoms with Crippen LogP contribution in [0.3, 0.4) is 0 Å². The SMILES string of the molecule is COc1cc(N)c(OC)c(Cl)c1Cl.Cl. The van der Waals surface area contributed by atoms with Crippen molar-refractivity contribution in [3.05, 3.63) is 16.1 Å². The van der Waals surface area contributed by atoms with Gasteiger partial charge in [-0.05, 0) is 0 Å². The Hall–Kier alpha value is -0.510. The molecule has 14 heavy (non-hydrogen) atoms. The van der Waals surface area contributed by atoms with Crippen LogP contribution in [0.15, 0.2) is 6.07 Å². The summed E-state index contributed by atoms with van der Waals surface area (Å²) >= 11 is 11.7. The summed E-state index contributed by atoms with van der Waals surface area (Å²) in [5, 5.41) is 0.566. The van der Waals surface area contributed by atoms with Crippen LogP contribution in [0.2, 0.25) is 10.0 Å². The van der Waals surface area contributed by atoms with E-state index in [9.17, 15) is 0 Å². The topological polar surface area (TPSA) is 44.5 Å². The Bertz CT molecular complexity index is 331. The number of hydrogen-bond acceptors (Lipinski definition) is 3. The molecule has 0 bridgehead atoms. The second-order valence-corrected chi connectivity index (χ2v) is 3.09. The molecule has 0 radical (unpaired) electrons. The largest absolute Gasteiger partial charge is 0.495 e. The summed E-state index contributed by atoms with van der Waals surface area (Å²) < 4.78 is 9.91. The van der Waals surface area contributed by atoms with Gasteiger partial charge in [0.05, 0.1) is 19.9 Å². The van der Waals surface area contributed by atoms with Gasteiger partial charge in [0.25, 0.3) is 0 Å². The number of halogens is 3. The summed E-state index contributed by atoms with van der Waals surface area (Å²) in [5.41, 5.74) is 6.03. The maximum atomic E-state index is 5.87. The minimum Gasteiger partial charge on any atom is -0.495 e. The third-order valence-electron chi connectivity index (χ3n) is 1.58. The molecule has 0 fully saturated rings. The first-order valence-electron chi connectivity index (χ1n) is 3.47. The molecule has 0 heterocycles. The van der Waals surface area contributed by atoms with E-state index in [1.807, 2.05) is 0 Å². The summed E-state index contributed by atoms with van der Waals surface area (Å²) in [4.78, 5) is 0. The summed E-state index contributed by atoms with van der Waals surface area (Å²) in [7, 11) is 2.96. The van der Waals surface area contributed by atoms with Gasteiger partial charge < -0.3 is 15.2 Å². The summed E-state index contributed by atoms with van der Waals surface area (Å²) in [5.74, 6) is 0.803. The van der Waals surface area contributed by atoms with Crippen LogP contribution in [0.5, 0.6) is 11.5 Å². The summed E-state index contributed by atoms with van der Waals surface area (Å²) in [6.07, 6.45) is 0. The Kier molecular flexibility index (Phi) is 5.19. The maximum absolute atomic E-state index is 5.87. The van der Waals surface area contributed by atoms with Gasteiger partial charge in [-0.25, -0.2) is 0 Å². The van der Waals surface area contributed by atoms with E-state index in [1.165, 1.54) is 14.2 Å². The van der Waals surface area contributed by atoms with Gasteiger partial charge in [0, 0.05) is 6.07 Å². The Labute approximate surface area is 98.5 Å². The molecule has 0 saturated carbocycles. The number of methoxy groups -OCH3 is 2. The van der Waals surface area contributed by atoms with Crippen LogP contribution >= 0.6 is 35.6 Å². The van der Waals surface area contributed by atoms with Crippen LogP contribution < -0.4 is 15.2 Å². The number of hydrogen-bond donors (Lipinski definition) is 1. The third kappa shape index (κ3) is 2.29. The normalized spacial score (nSPS) is 9.14. The average Bonchev–Trinajstić information content (AvgIpc) is 2.12. The van der Waals surface area contributed by atoms with Gasteiger partial charge in [-0.3, -0.25) is 0 Å². The second kappa shape index (κ2) is 5.39. The van der Waals surface area contributed by atoms with E-state index in [0.717, 1.165) is 0 Å². The molecule has 0 aromatic heterocycles. The van der Waals surface area contributed by atoms with Gasteiger partial charge in [0.2, 0.25) is 0 Å². The highest BCUT2D eigenvalue weighted by Crippen LogP contribution is 2.42. The van der Waals surface area contributed by atoms with Gasteiger partial charge >= 0.3 is 0 Å². The highest BCUT2D eigenvalue weighted by molar-refractivity contribution is 6.44. The lowest BCUT2D eigenvalue weighted by atomic mass is 10.3. The fraction of sp³-hybridized carbons (Fsp3) is 0.250. The van der Waals surface area contributed by atoms with Crippen molar-refractivity contribution in [2.45, 2.75) is 0 Å². The number of nitrogens with two attached hydrogens (primary N) is 1. The standard InChI is InChI=1S/C8H9Cl2NO2.ClH/c1-12-5-3-4(11)8(13-2)7(10)6(5)9;/h3H,11H2,1-2H3;1H. The minimum absolute atomic E-state index is 0. The van der Waals surface area contributed by atoms with Crippen LogP contribution in [0, 0.1) is 0 Å². The zero-order valence-electron chi connectivity index (χ0n) is 7.64. The first kappa shape index (κ1) is 13.5. The molecule has 0 atom stereocenters. The van der Waals surface area contributed by atoms with Gasteiger partial charge in [0.1, 0.15) is 15.8 Å². The fourth-order valence-electron chi connectivity index (χ4n) is 0.961. The van der Waals surface area contributed by atoms with E-state index in [-0.39, 0.29) is 17.4 Å². The predicted octanol–water partition coefficient (Wildman–Crippen LogP) is 3.01. The molecular formula is C8H10Cl3NO2. The van der Waals surface area contributed by atoms with Crippen molar-refractivity contribution in [3.8, 4) is 11.5 Å². The van der Waals surface area contributed by atoms with Crippen molar-refractivity contribution in [1.82, 2.24) is 0 Å². The molecule has 0 saturated heterocycles. The highest BCUT2D eigenvalue weighted by atomic mass is 35.5. The van der Waals surface area contributed by atoms with Gasteiger partial charge in [-0.1, -0.05) is 23.2 Å². The van der Waals surface area contributed by atoms with E-state index in [0.29, 0.717) is 22.2 Å². The number of benzene rings is 1. The van der Waals surface area contributed by atoms with Gasteiger partial charge in [0.15, 0.2) is 5.75 Å². The maximum Gasteiger partial charge on any atom is 0.162 e. The Morgan fingerprint density at radius 2 is 1.71 bits per heavy atom. The zero-order chi connectivity index (χ0) is 10.0. The molecule has 0 aliphatic carbocycles. The van der Waals surface area contributed by atoms with Crippen LogP contribution in [0.25, 0.3) is 0 Å². The number of ether oxygens (including phenoxy) is 2. The molecule has 80 valence electrons. The second-order valence-electron chi connectivity index (χ2n) is 2.33. The molecule has 1 aromatic carbocycles. The highest BCUT2D eigenvalue weighted by Gasteiger charge is 2.14. The van der Waals surface area contributed by atoms with Crippen molar-refractivity contribution in [3.63, 3.8) is 0 Å². The van der Waals surface area contributed by atoms with Crippen molar-refractivity contribution in [2.24, 2.45) is 0 Å². The van der Waals surface area contributed by atoms with Crippen molar-refractivity contribution >= 4 is 41.3 Å². The molecule has 0 aliphatic heterocycles. The Morgan fingerprint density at radius 1 is 1.14 bits per heavy atom. The molecule has 1 aromatic rings. The van der Waals surface area contributed by atoms with Crippen molar-refractivity contribution < 1.29 is 9.47 Å². The molecule has 0 aliphatic rings. The quantitative estimate of drug-likeness (QED) is 0.829. The minimum atomic E-state index is 0. The van der Waals surface area contributed by atoms with Crippen LogP contribution in [-0.2, 0) is 0 Å². The van der Waals surface area contributed by atoms with E-state index >= 15 is 0 Å². The molecule has 3 nitrogen and oxygen atoms in total. The molecule has 0 spiro atoms. The molecule has 0 unspecified atom stereocenters. The number of rotatable bonds is 2. The van der Waals surface area contributed by atoms with Gasteiger partial charge in [-0.2, -0.15) is 0 Å². The van der Waals surface area contributed by atoms with E-state index < -0.39 is 0 Å².